The van der Waals surface area contributed by atoms with Crippen molar-refractivity contribution in [3.63, 3.8) is 0 Å². The Labute approximate surface area is 108 Å². The molecule has 1 aromatic rings. The van der Waals surface area contributed by atoms with Gasteiger partial charge in [0.15, 0.2) is 0 Å². The van der Waals surface area contributed by atoms with Crippen LogP contribution in [0.2, 0.25) is 0 Å². The van der Waals surface area contributed by atoms with Crippen LogP contribution in [0, 0.1) is 5.41 Å². The summed E-state index contributed by atoms with van der Waals surface area (Å²) in [5.74, 6) is 0. The first-order valence-electron chi connectivity index (χ1n) is 6.37. The van der Waals surface area contributed by atoms with Crippen molar-refractivity contribution in [1.82, 2.24) is 10.3 Å². The van der Waals surface area contributed by atoms with Crippen LogP contribution >= 0.6 is 11.3 Å². The van der Waals surface area contributed by atoms with Crippen LogP contribution in [0.4, 0.5) is 0 Å². The van der Waals surface area contributed by atoms with Crippen LogP contribution in [0.15, 0.2) is 5.38 Å². The number of aromatic nitrogens is 1. The summed E-state index contributed by atoms with van der Waals surface area (Å²) in [7, 11) is 0. The van der Waals surface area contributed by atoms with Crippen LogP contribution in [0.3, 0.4) is 0 Å². The minimum Gasteiger partial charge on any atom is -0.371 e. The Kier molecular flexibility index (Phi) is 4.17. The van der Waals surface area contributed by atoms with Crippen molar-refractivity contribution < 1.29 is 4.74 Å². The van der Waals surface area contributed by atoms with Gasteiger partial charge in [-0.3, -0.25) is 0 Å². The molecule has 1 aliphatic heterocycles. The molecule has 2 rings (SSSR count). The van der Waals surface area contributed by atoms with Gasteiger partial charge < -0.3 is 10.1 Å². The summed E-state index contributed by atoms with van der Waals surface area (Å²) in [5.41, 5.74) is 1.31. The maximum absolute atomic E-state index is 6.05. The Morgan fingerprint density at radius 2 is 2.41 bits per heavy atom. The molecule has 1 fully saturated rings. The van der Waals surface area contributed by atoms with E-state index in [-0.39, 0.29) is 5.41 Å². The monoisotopic (exact) mass is 254 g/mol. The number of piperidine rings is 1. The van der Waals surface area contributed by atoms with Gasteiger partial charge in [0, 0.05) is 17.3 Å². The molecule has 96 valence electrons. The summed E-state index contributed by atoms with van der Waals surface area (Å²) < 4.78 is 6.05. The molecule has 1 aromatic heterocycles. The lowest BCUT2D eigenvalue weighted by molar-refractivity contribution is -0.0529. The molecule has 0 saturated carbocycles. The minimum atomic E-state index is 0.224. The topological polar surface area (TPSA) is 34.1 Å². The second-order valence-electron chi connectivity index (χ2n) is 5.34. The molecule has 0 spiro atoms. The molecule has 0 bridgehead atoms. The average molecular weight is 254 g/mol. The van der Waals surface area contributed by atoms with E-state index >= 15 is 0 Å². The first-order chi connectivity index (χ1) is 8.12. The quantitative estimate of drug-likeness (QED) is 0.897. The maximum atomic E-state index is 6.05. The Morgan fingerprint density at radius 1 is 1.59 bits per heavy atom. The third-order valence-corrected chi connectivity index (χ3v) is 4.41. The molecule has 1 saturated heterocycles. The van der Waals surface area contributed by atoms with E-state index in [2.05, 4.69) is 36.5 Å². The van der Waals surface area contributed by atoms with Crippen molar-refractivity contribution in [2.45, 2.75) is 46.3 Å². The Bertz CT molecular complexity index is 362. The number of rotatable bonds is 4. The molecule has 3 nitrogen and oxygen atoms in total. The standard InChI is InChI=1S/C13H22N2OS/c1-4-12-15-10(8-17-12)7-16-11-5-6-14-9-13(11,2)3/h8,11,14H,4-7,9H2,1-3H3. The van der Waals surface area contributed by atoms with Crippen molar-refractivity contribution in [2.24, 2.45) is 5.41 Å². The number of aryl methyl sites for hydroxylation is 1. The highest BCUT2D eigenvalue weighted by molar-refractivity contribution is 7.09. The number of ether oxygens (including phenoxy) is 1. The number of thiazole rings is 1. The van der Waals surface area contributed by atoms with E-state index in [9.17, 15) is 0 Å². The summed E-state index contributed by atoms with van der Waals surface area (Å²) in [4.78, 5) is 4.54. The lowest BCUT2D eigenvalue weighted by atomic mass is 9.82. The second-order valence-corrected chi connectivity index (χ2v) is 6.28. The van der Waals surface area contributed by atoms with E-state index < -0.39 is 0 Å². The molecule has 1 aliphatic rings. The van der Waals surface area contributed by atoms with E-state index in [4.69, 9.17) is 4.74 Å². The zero-order valence-electron chi connectivity index (χ0n) is 11.0. The third kappa shape index (κ3) is 3.27. The number of nitrogens with zero attached hydrogens (tertiary/aromatic N) is 1. The fourth-order valence-corrected chi connectivity index (χ4v) is 2.95. The Morgan fingerprint density at radius 3 is 3.06 bits per heavy atom. The summed E-state index contributed by atoms with van der Waals surface area (Å²) in [6, 6.07) is 0. The lowest BCUT2D eigenvalue weighted by Crippen LogP contribution is -2.47. The maximum Gasteiger partial charge on any atom is 0.0926 e. The zero-order chi connectivity index (χ0) is 12.3. The molecule has 0 amide bonds. The molecule has 1 unspecified atom stereocenters. The van der Waals surface area contributed by atoms with E-state index in [0.29, 0.717) is 12.7 Å². The predicted octanol–water partition coefficient (Wildman–Crippen LogP) is 2.61. The highest BCUT2D eigenvalue weighted by atomic mass is 32.1. The smallest absolute Gasteiger partial charge is 0.0926 e. The van der Waals surface area contributed by atoms with Gasteiger partial charge in [0.2, 0.25) is 0 Å². The van der Waals surface area contributed by atoms with Crippen LogP contribution in [-0.4, -0.2) is 24.2 Å². The van der Waals surface area contributed by atoms with Gasteiger partial charge >= 0.3 is 0 Å². The summed E-state index contributed by atoms with van der Waals surface area (Å²) in [6.07, 6.45) is 2.46. The van der Waals surface area contributed by atoms with Crippen molar-refractivity contribution in [3.8, 4) is 0 Å². The summed E-state index contributed by atoms with van der Waals surface area (Å²) >= 11 is 1.73. The van der Waals surface area contributed by atoms with Crippen molar-refractivity contribution >= 4 is 11.3 Å². The van der Waals surface area contributed by atoms with Gasteiger partial charge in [0.1, 0.15) is 0 Å². The van der Waals surface area contributed by atoms with Gasteiger partial charge in [-0.25, -0.2) is 4.98 Å². The normalized spacial score (nSPS) is 23.8. The molecule has 0 aliphatic carbocycles. The van der Waals surface area contributed by atoms with E-state index in [1.807, 2.05) is 0 Å². The minimum absolute atomic E-state index is 0.224. The van der Waals surface area contributed by atoms with E-state index in [0.717, 1.165) is 31.6 Å². The molecule has 17 heavy (non-hydrogen) atoms. The highest BCUT2D eigenvalue weighted by Gasteiger charge is 2.32. The lowest BCUT2D eigenvalue weighted by Gasteiger charge is -2.38. The second kappa shape index (κ2) is 5.46. The number of hydrogen-bond acceptors (Lipinski definition) is 4. The highest BCUT2D eigenvalue weighted by Crippen LogP contribution is 2.28. The van der Waals surface area contributed by atoms with Gasteiger partial charge in [-0.15, -0.1) is 11.3 Å². The van der Waals surface area contributed by atoms with E-state index in [1.54, 1.807) is 11.3 Å². The molecule has 1 atom stereocenters. The summed E-state index contributed by atoms with van der Waals surface area (Å²) in [6.45, 7) is 9.43. The Balaban J connectivity index is 1.88. The molecule has 1 N–H and O–H groups in total. The molecule has 0 radical (unpaired) electrons. The van der Waals surface area contributed by atoms with Gasteiger partial charge in [-0.05, 0) is 19.4 Å². The van der Waals surface area contributed by atoms with Crippen molar-refractivity contribution in [1.29, 1.82) is 0 Å². The first-order valence-corrected chi connectivity index (χ1v) is 7.25. The van der Waals surface area contributed by atoms with E-state index in [1.165, 1.54) is 5.01 Å². The number of hydrogen-bond donors (Lipinski definition) is 1. The van der Waals surface area contributed by atoms with Crippen LogP contribution in [-0.2, 0) is 17.8 Å². The van der Waals surface area contributed by atoms with Crippen molar-refractivity contribution in [2.75, 3.05) is 13.1 Å². The first kappa shape index (κ1) is 13.0. The zero-order valence-corrected chi connectivity index (χ0v) is 11.8. The van der Waals surface area contributed by atoms with Gasteiger partial charge in [-0.2, -0.15) is 0 Å². The average Bonchev–Trinajstić information content (AvgIpc) is 2.75. The molecule has 2 heterocycles. The van der Waals surface area contributed by atoms with Crippen LogP contribution in [0.5, 0.6) is 0 Å². The molecule has 0 aromatic carbocycles. The van der Waals surface area contributed by atoms with Gasteiger partial charge in [0.05, 0.1) is 23.4 Å². The van der Waals surface area contributed by atoms with Crippen molar-refractivity contribution in [3.05, 3.63) is 16.1 Å². The van der Waals surface area contributed by atoms with Crippen LogP contribution in [0.25, 0.3) is 0 Å². The van der Waals surface area contributed by atoms with Crippen LogP contribution < -0.4 is 5.32 Å². The predicted molar refractivity (Wildman–Crippen MR) is 71.3 cm³/mol. The SMILES string of the molecule is CCc1nc(COC2CCNCC2(C)C)cs1. The fraction of sp³-hybridized carbons (Fsp3) is 0.769. The summed E-state index contributed by atoms with van der Waals surface area (Å²) in [5, 5.41) is 6.74. The third-order valence-electron chi connectivity index (χ3n) is 3.37. The molecular formula is C13H22N2OS. The van der Waals surface area contributed by atoms with Gasteiger partial charge in [0.25, 0.3) is 0 Å². The van der Waals surface area contributed by atoms with Gasteiger partial charge in [-0.1, -0.05) is 20.8 Å². The molecule has 4 heteroatoms. The number of nitrogens with one attached hydrogen (secondary N) is 1. The largest absolute Gasteiger partial charge is 0.371 e. The van der Waals surface area contributed by atoms with Crippen LogP contribution in [0.1, 0.15) is 37.9 Å². The Hall–Kier alpha value is -0.450. The fourth-order valence-electron chi connectivity index (χ4n) is 2.22. The molecular weight excluding hydrogens is 232 g/mol.